The van der Waals surface area contributed by atoms with Gasteiger partial charge in [0.1, 0.15) is 0 Å². The van der Waals surface area contributed by atoms with Gasteiger partial charge in [0, 0.05) is 6.08 Å². The van der Waals surface area contributed by atoms with Crippen molar-refractivity contribution in [2.75, 3.05) is 0 Å². The summed E-state index contributed by atoms with van der Waals surface area (Å²) in [7, 11) is 0. The first-order valence-corrected chi connectivity index (χ1v) is 5.25. The number of hydrogen-bond acceptors (Lipinski definition) is 2. The molecule has 0 fully saturated rings. The molecule has 0 atom stereocenters. The van der Waals surface area contributed by atoms with Crippen LogP contribution in [0.1, 0.15) is 15.9 Å². The highest BCUT2D eigenvalue weighted by Crippen LogP contribution is 2.21. The first kappa shape index (κ1) is 11.9. The Bertz CT molecular complexity index is 656. The number of fused-ring (bicyclic) bond motifs is 1. The molecular formula is C14H10O4. The average molecular weight is 242 g/mol. The van der Waals surface area contributed by atoms with E-state index in [0.717, 1.165) is 16.8 Å². The van der Waals surface area contributed by atoms with E-state index in [2.05, 4.69) is 0 Å². The Morgan fingerprint density at radius 2 is 1.61 bits per heavy atom. The first-order valence-electron chi connectivity index (χ1n) is 5.25. The van der Waals surface area contributed by atoms with Gasteiger partial charge in [-0.2, -0.15) is 0 Å². The Morgan fingerprint density at radius 1 is 1.00 bits per heavy atom. The van der Waals surface area contributed by atoms with Gasteiger partial charge in [-0.1, -0.05) is 24.3 Å². The third-order valence-electron chi connectivity index (χ3n) is 2.55. The Kier molecular flexibility index (Phi) is 3.10. The molecule has 2 N–H and O–H groups in total. The summed E-state index contributed by atoms with van der Waals surface area (Å²) in [5.41, 5.74) is 0.467. The smallest absolute Gasteiger partial charge is 0.336 e. The molecule has 0 radical (unpaired) electrons. The summed E-state index contributed by atoms with van der Waals surface area (Å²) < 4.78 is 0. The van der Waals surface area contributed by atoms with Gasteiger partial charge in [-0.25, -0.2) is 9.59 Å². The summed E-state index contributed by atoms with van der Waals surface area (Å²) in [6.07, 6.45) is 2.22. The van der Waals surface area contributed by atoms with E-state index >= 15 is 0 Å². The van der Waals surface area contributed by atoms with E-state index in [0.29, 0.717) is 5.56 Å². The third-order valence-corrected chi connectivity index (χ3v) is 2.55. The Morgan fingerprint density at radius 3 is 2.17 bits per heavy atom. The lowest BCUT2D eigenvalue weighted by Gasteiger charge is -2.04. The summed E-state index contributed by atoms with van der Waals surface area (Å²) in [4.78, 5) is 21.6. The Balaban J connectivity index is 2.65. The van der Waals surface area contributed by atoms with Crippen LogP contribution in [0.5, 0.6) is 0 Å². The van der Waals surface area contributed by atoms with E-state index < -0.39 is 11.9 Å². The second kappa shape index (κ2) is 4.71. The van der Waals surface area contributed by atoms with Gasteiger partial charge >= 0.3 is 11.9 Å². The van der Waals surface area contributed by atoms with Crippen molar-refractivity contribution in [1.82, 2.24) is 0 Å². The number of carbonyl (C=O) groups is 2. The molecule has 2 aromatic carbocycles. The van der Waals surface area contributed by atoms with E-state index in [1.165, 1.54) is 6.08 Å². The molecule has 0 aromatic heterocycles. The third kappa shape index (κ3) is 2.38. The zero-order valence-corrected chi connectivity index (χ0v) is 9.33. The van der Waals surface area contributed by atoms with E-state index in [1.54, 1.807) is 12.1 Å². The molecule has 18 heavy (non-hydrogen) atoms. The highest BCUT2D eigenvalue weighted by molar-refractivity contribution is 6.00. The SMILES string of the molecule is O=C(O)C=Cc1cc2ccccc2cc1C(=O)O. The van der Waals surface area contributed by atoms with Crippen LogP contribution in [0.4, 0.5) is 0 Å². The van der Waals surface area contributed by atoms with Crippen molar-refractivity contribution in [1.29, 1.82) is 0 Å². The molecule has 0 aliphatic rings. The molecule has 0 spiro atoms. The van der Waals surface area contributed by atoms with Crippen molar-refractivity contribution < 1.29 is 19.8 Å². The van der Waals surface area contributed by atoms with Crippen LogP contribution in [0.25, 0.3) is 16.8 Å². The molecule has 0 unspecified atom stereocenters. The fourth-order valence-electron chi connectivity index (χ4n) is 1.74. The number of aliphatic carboxylic acids is 1. The number of carboxylic acid groups (broad SMARTS) is 2. The van der Waals surface area contributed by atoms with Crippen LogP contribution in [-0.4, -0.2) is 22.2 Å². The first-order chi connectivity index (χ1) is 8.58. The molecule has 4 heteroatoms. The fourth-order valence-corrected chi connectivity index (χ4v) is 1.74. The van der Waals surface area contributed by atoms with Crippen LogP contribution in [0.2, 0.25) is 0 Å². The van der Waals surface area contributed by atoms with Crippen molar-refractivity contribution in [2.45, 2.75) is 0 Å². The summed E-state index contributed by atoms with van der Waals surface area (Å²) in [5.74, 6) is -2.19. The van der Waals surface area contributed by atoms with Gasteiger partial charge in [-0.05, 0) is 34.5 Å². The second-order valence-electron chi connectivity index (χ2n) is 3.76. The minimum absolute atomic E-state index is 0.0891. The average Bonchev–Trinajstić information content (AvgIpc) is 2.35. The molecule has 2 rings (SSSR count). The maximum absolute atomic E-state index is 11.1. The van der Waals surface area contributed by atoms with Crippen LogP contribution in [-0.2, 0) is 4.79 Å². The zero-order chi connectivity index (χ0) is 13.1. The van der Waals surface area contributed by atoms with Gasteiger partial charge in [0.2, 0.25) is 0 Å². The van der Waals surface area contributed by atoms with E-state index in [-0.39, 0.29) is 5.56 Å². The number of rotatable bonds is 3. The zero-order valence-electron chi connectivity index (χ0n) is 9.33. The topological polar surface area (TPSA) is 74.6 Å². The lowest BCUT2D eigenvalue weighted by molar-refractivity contribution is -0.131. The van der Waals surface area contributed by atoms with Crippen molar-refractivity contribution >= 4 is 28.8 Å². The minimum Gasteiger partial charge on any atom is -0.478 e. The Labute approximate surface area is 103 Å². The van der Waals surface area contributed by atoms with Gasteiger partial charge < -0.3 is 10.2 Å². The predicted molar refractivity (Wildman–Crippen MR) is 67.6 cm³/mol. The van der Waals surface area contributed by atoms with E-state index in [9.17, 15) is 9.59 Å². The normalized spacial score (nSPS) is 10.9. The molecule has 0 saturated heterocycles. The van der Waals surface area contributed by atoms with Gasteiger partial charge in [-0.15, -0.1) is 0 Å². The van der Waals surface area contributed by atoms with Crippen molar-refractivity contribution in [3.63, 3.8) is 0 Å². The monoisotopic (exact) mass is 242 g/mol. The van der Waals surface area contributed by atoms with Crippen LogP contribution in [0.15, 0.2) is 42.5 Å². The number of carboxylic acids is 2. The van der Waals surface area contributed by atoms with E-state index in [1.807, 2.05) is 24.3 Å². The van der Waals surface area contributed by atoms with Gasteiger partial charge in [-0.3, -0.25) is 0 Å². The number of hydrogen-bond donors (Lipinski definition) is 2. The van der Waals surface area contributed by atoms with Crippen LogP contribution >= 0.6 is 0 Å². The van der Waals surface area contributed by atoms with Crippen LogP contribution < -0.4 is 0 Å². The summed E-state index contributed by atoms with van der Waals surface area (Å²) in [5, 5.41) is 19.4. The molecule has 2 aromatic rings. The highest BCUT2D eigenvalue weighted by atomic mass is 16.4. The fraction of sp³-hybridized carbons (Fsp3) is 0. The molecule has 4 nitrogen and oxygen atoms in total. The molecular weight excluding hydrogens is 232 g/mol. The van der Waals surface area contributed by atoms with Gasteiger partial charge in [0.15, 0.2) is 0 Å². The lowest BCUT2D eigenvalue weighted by Crippen LogP contribution is -2.00. The molecule has 0 bridgehead atoms. The largest absolute Gasteiger partial charge is 0.478 e. The van der Waals surface area contributed by atoms with Gasteiger partial charge in [0.25, 0.3) is 0 Å². The summed E-state index contributed by atoms with van der Waals surface area (Å²) in [6.45, 7) is 0. The minimum atomic E-state index is -1.11. The predicted octanol–water partition coefficient (Wildman–Crippen LogP) is 2.64. The maximum Gasteiger partial charge on any atom is 0.336 e. The molecule has 0 aliphatic heterocycles. The molecule has 0 aliphatic carbocycles. The quantitative estimate of drug-likeness (QED) is 0.811. The molecule has 0 saturated carbocycles. The maximum atomic E-state index is 11.1. The molecule has 0 amide bonds. The van der Waals surface area contributed by atoms with Crippen molar-refractivity contribution in [3.05, 3.63) is 53.6 Å². The summed E-state index contributed by atoms with van der Waals surface area (Å²) >= 11 is 0. The number of benzene rings is 2. The number of aromatic carboxylic acids is 1. The summed E-state index contributed by atoms with van der Waals surface area (Å²) in [6, 6.07) is 10.5. The standard InChI is InChI=1S/C14H10O4/c15-13(16)6-5-11-7-9-3-1-2-4-10(9)8-12(11)14(17)18/h1-8H,(H,15,16)(H,17,18). The van der Waals surface area contributed by atoms with Crippen molar-refractivity contribution in [3.8, 4) is 0 Å². The highest BCUT2D eigenvalue weighted by Gasteiger charge is 2.09. The van der Waals surface area contributed by atoms with Crippen molar-refractivity contribution in [2.24, 2.45) is 0 Å². The van der Waals surface area contributed by atoms with E-state index in [4.69, 9.17) is 10.2 Å². The second-order valence-corrected chi connectivity index (χ2v) is 3.76. The van der Waals surface area contributed by atoms with Crippen LogP contribution in [0.3, 0.4) is 0 Å². The molecule has 90 valence electrons. The van der Waals surface area contributed by atoms with Gasteiger partial charge in [0.05, 0.1) is 5.56 Å². The Hall–Kier alpha value is -2.62. The molecule has 0 heterocycles. The lowest BCUT2D eigenvalue weighted by atomic mass is 10.0. The van der Waals surface area contributed by atoms with Crippen LogP contribution in [0, 0.1) is 0 Å².